The first-order valence-corrected chi connectivity index (χ1v) is 7.20. The number of hydrogen-bond donors (Lipinski definition) is 1. The molecule has 1 amide bonds. The third kappa shape index (κ3) is 3.01. The van der Waals surface area contributed by atoms with Crippen LogP contribution in [0.5, 0.6) is 0 Å². The van der Waals surface area contributed by atoms with Gasteiger partial charge in [0.2, 0.25) is 5.91 Å². The zero-order chi connectivity index (χ0) is 12.3. The van der Waals surface area contributed by atoms with Gasteiger partial charge in [-0.2, -0.15) is 0 Å². The van der Waals surface area contributed by atoms with Crippen molar-refractivity contribution in [3.63, 3.8) is 0 Å². The Bertz CT molecular complexity index is 261. The number of carbonyl (C=O) groups excluding carboxylic acids is 1. The number of hydrogen-bond acceptors (Lipinski definition) is 2. The fourth-order valence-corrected chi connectivity index (χ4v) is 3.32. The SMILES string of the molecule is CNC1CCCC(C)N(CC2CCCC2)C1=O. The molecule has 0 aromatic carbocycles. The second-order valence-electron chi connectivity index (χ2n) is 5.76. The normalized spacial score (nSPS) is 31.9. The van der Waals surface area contributed by atoms with E-state index < -0.39 is 0 Å². The van der Waals surface area contributed by atoms with Crippen LogP contribution in [0.1, 0.15) is 51.9 Å². The van der Waals surface area contributed by atoms with Gasteiger partial charge >= 0.3 is 0 Å². The Kier molecular flexibility index (Phi) is 4.43. The fraction of sp³-hybridized carbons (Fsp3) is 0.929. The Balaban J connectivity index is 2.01. The molecule has 2 atom stereocenters. The predicted octanol–water partition coefficient (Wildman–Crippen LogP) is 2.17. The van der Waals surface area contributed by atoms with E-state index in [0.29, 0.717) is 11.9 Å². The van der Waals surface area contributed by atoms with Gasteiger partial charge in [0.15, 0.2) is 0 Å². The number of carbonyl (C=O) groups is 1. The van der Waals surface area contributed by atoms with Crippen LogP contribution >= 0.6 is 0 Å². The summed E-state index contributed by atoms with van der Waals surface area (Å²) in [6.07, 6.45) is 8.69. The van der Waals surface area contributed by atoms with Crippen LogP contribution in [0.3, 0.4) is 0 Å². The second kappa shape index (κ2) is 5.85. The summed E-state index contributed by atoms with van der Waals surface area (Å²) in [7, 11) is 1.91. The molecule has 1 saturated heterocycles. The van der Waals surface area contributed by atoms with Gasteiger partial charge < -0.3 is 10.2 Å². The zero-order valence-corrected chi connectivity index (χ0v) is 11.2. The van der Waals surface area contributed by atoms with Gasteiger partial charge in [-0.1, -0.05) is 12.8 Å². The van der Waals surface area contributed by atoms with E-state index in [1.807, 2.05) is 7.05 Å². The quantitative estimate of drug-likeness (QED) is 0.817. The number of likely N-dealkylation sites (tertiary alicyclic amines) is 1. The van der Waals surface area contributed by atoms with E-state index in [4.69, 9.17) is 0 Å². The lowest BCUT2D eigenvalue weighted by Gasteiger charge is -2.31. The molecule has 2 rings (SSSR count). The average Bonchev–Trinajstić information content (AvgIpc) is 2.79. The highest BCUT2D eigenvalue weighted by molar-refractivity contribution is 5.82. The number of rotatable bonds is 3. The summed E-state index contributed by atoms with van der Waals surface area (Å²) in [6, 6.07) is 0.489. The molecule has 98 valence electrons. The number of nitrogens with one attached hydrogen (secondary N) is 1. The highest BCUT2D eigenvalue weighted by atomic mass is 16.2. The molecule has 2 fully saturated rings. The van der Waals surface area contributed by atoms with Crippen LogP contribution in [0.2, 0.25) is 0 Å². The van der Waals surface area contributed by atoms with Crippen molar-refractivity contribution in [3.05, 3.63) is 0 Å². The topological polar surface area (TPSA) is 32.3 Å². The smallest absolute Gasteiger partial charge is 0.239 e. The van der Waals surface area contributed by atoms with E-state index >= 15 is 0 Å². The molecular weight excluding hydrogens is 212 g/mol. The Labute approximate surface area is 105 Å². The van der Waals surface area contributed by atoms with Gasteiger partial charge in [0.1, 0.15) is 0 Å². The maximum atomic E-state index is 12.4. The summed E-state index contributed by atoms with van der Waals surface area (Å²) < 4.78 is 0. The van der Waals surface area contributed by atoms with Crippen molar-refractivity contribution < 1.29 is 4.79 Å². The molecule has 1 aliphatic carbocycles. The summed E-state index contributed by atoms with van der Waals surface area (Å²) in [5, 5.41) is 3.18. The molecule has 0 bridgehead atoms. The van der Waals surface area contributed by atoms with E-state index in [9.17, 15) is 4.79 Å². The van der Waals surface area contributed by atoms with Crippen molar-refractivity contribution >= 4 is 5.91 Å². The molecule has 1 N–H and O–H groups in total. The molecule has 1 saturated carbocycles. The Hall–Kier alpha value is -0.570. The van der Waals surface area contributed by atoms with Crippen LogP contribution in [-0.4, -0.2) is 36.5 Å². The van der Waals surface area contributed by atoms with Gasteiger partial charge in [0.25, 0.3) is 0 Å². The van der Waals surface area contributed by atoms with E-state index in [0.717, 1.165) is 25.3 Å². The first-order chi connectivity index (χ1) is 8.22. The van der Waals surface area contributed by atoms with Gasteiger partial charge in [0.05, 0.1) is 6.04 Å². The lowest BCUT2D eigenvalue weighted by atomic mass is 10.1. The minimum atomic E-state index is 0.0568. The third-order valence-electron chi connectivity index (χ3n) is 4.51. The van der Waals surface area contributed by atoms with Gasteiger partial charge in [-0.15, -0.1) is 0 Å². The molecule has 0 radical (unpaired) electrons. The summed E-state index contributed by atoms with van der Waals surface area (Å²) in [5.41, 5.74) is 0. The summed E-state index contributed by atoms with van der Waals surface area (Å²) in [5.74, 6) is 1.10. The van der Waals surface area contributed by atoms with Gasteiger partial charge in [-0.3, -0.25) is 4.79 Å². The fourth-order valence-electron chi connectivity index (χ4n) is 3.32. The average molecular weight is 238 g/mol. The Morgan fingerprint density at radius 3 is 2.53 bits per heavy atom. The van der Waals surface area contributed by atoms with E-state index in [2.05, 4.69) is 17.1 Å². The molecular formula is C14H26N2O. The molecule has 3 nitrogen and oxygen atoms in total. The van der Waals surface area contributed by atoms with E-state index in [-0.39, 0.29) is 6.04 Å². The maximum absolute atomic E-state index is 12.4. The van der Waals surface area contributed by atoms with E-state index in [1.165, 1.54) is 32.1 Å². The molecule has 1 heterocycles. The van der Waals surface area contributed by atoms with Crippen LogP contribution < -0.4 is 5.32 Å². The largest absolute Gasteiger partial charge is 0.338 e. The van der Waals surface area contributed by atoms with Gasteiger partial charge in [-0.25, -0.2) is 0 Å². The van der Waals surface area contributed by atoms with Gasteiger partial charge in [-0.05, 0) is 52.0 Å². The molecule has 17 heavy (non-hydrogen) atoms. The molecule has 0 spiro atoms. The monoisotopic (exact) mass is 238 g/mol. The lowest BCUT2D eigenvalue weighted by molar-refractivity contribution is -0.135. The van der Waals surface area contributed by atoms with Crippen molar-refractivity contribution in [2.45, 2.75) is 64.0 Å². The maximum Gasteiger partial charge on any atom is 0.239 e. The summed E-state index contributed by atoms with van der Waals surface area (Å²) in [6.45, 7) is 3.21. The van der Waals surface area contributed by atoms with Crippen molar-refractivity contribution in [1.82, 2.24) is 10.2 Å². The van der Waals surface area contributed by atoms with Crippen molar-refractivity contribution in [2.75, 3.05) is 13.6 Å². The number of amides is 1. The third-order valence-corrected chi connectivity index (χ3v) is 4.51. The first kappa shape index (κ1) is 12.9. The van der Waals surface area contributed by atoms with E-state index in [1.54, 1.807) is 0 Å². The number of likely N-dealkylation sites (N-methyl/N-ethyl adjacent to an activating group) is 1. The summed E-state index contributed by atoms with van der Waals surface area (Å²) in [4.78, 5) is 14.6. The highest BCUT2D eigenvalue weighted by Crippen LogP contribution is 2.28. The first-order valence-electron chi connectivity index (χ1n) is 7.20. The molecule has 2 unspecified atom stereocenters. The van der Waals surface area contributed by atoms with Crippen LogP contribution in [-0.2, 0) is 4.79 Å². The predicted molar refractivity (Wildman–Crippen MR) is 69.8 cm³/mol. The molecule has 0 aromatic heterocycles. The van der Waals surface area contributed by atoms with Crippen LogP contribution in [0, 0.1) is 5.92 Å². The second-order valence-corrected chi connectivity index (χ2v) is 5.76. The van der Waals surface area contributed by atoms with Crippen LogP contribution in [0.4, 0.5) is 0 Å². The van der Waals surface area contributed by atoms with Crippen molar-refractivity contribution in [3.8, 4) is 0 Å². The van der Waals surface area contributed by atoms with Crippen LogP contribution in [0.25, 0.3) is 0 Å². The Morgan fingerprint density at radius 1 is 1.18 bits per heavy atom. The Morgan fingerprint density at radius 2 is 1.88 bits per heavy atom. The minimum Gasteiger partial charge on any atom is -0.338 e. The highest BCUT2D eigenvalue weighted by Gasteiger charge is 2.31. The number of nitrogens with zero attached hydrogens (tertiary/aromatic N) is 1. The molecule has 2 aliphatic rings. The zero-order valence-electron chi connectivity index (χ0n) is 11.2. The molecule has 1 aliphatic heterocycles. The van der Waals surface area contributed by atoms with Crippen molar-refractivity contribution in [1.29, 1.82) is 0 Å². The van der Waals surface area contributed by atoms with Crippen LogP contribution in [0.15, 0.2) is 0 Å². The lowest BCUT2D eigenvalue weighted by Crippen LogP contribution is -2.48. The molecule has 3 heteroatoms. The van der Waals surface area contributed by atoms with Crippen molar-refractivity contribution in [2.24, 2.45) is 5.92 Å². The molecule has 0 aromatic rings. The standard InChI is InChI=1S/C14H26N2O/c1-11-6-5-9-13(15-2)14(17)16(11)10-12-7-3-4-8-12/h11-13,15H,3-10H2,1-2H3. The minimum absolute atomic E-state index is 0.0568. The summed E-state index contributed by atoms with van der Waals surface area (Å²) >= 11 is 0. The van der Waals surface area contributed by atoms with Gasteiger partial charge in [0, 0.05) is 12.6 Å².